The van der Waals surface area contributed by atoms with Crippen molar-refractivity contribution in [2.24, 2.45) is 11.8 Å². The van der Waals surface area contributed by atoms with Crippen LogP contribution in [0.5, 0.6) is 0 Å². The van der Waals surface area contributed by atoms with Gasteiger partial charge in [0, 0.05) is 25.4 Å². The lowest BCUT2D eigenvalue weighted by Crippen LogP contribution is -2.43. The Hall–Kier alpha value is -1.40. The van der Waals surface area contributed by atoms with Gasteiger partial charge in [0.15, 0.2) is 9.84 Å². The molecule has 0 aliphatic carbocycles. The molecule has 0 spiro atoms. The highest BCUT2D eigenvalue weighted by Crippen LogP contribution is 2.21. The molecule has 1 aromatic carbocycles. The van der Waals surface area contributed by atoms with Gasteiger partial charge in [0.2, 0.25) is 5.91 Å². The minimum absolute atomic E-state index is 0.0208. The van der Waals surface area contributed by atoms with Gasteiger partial charge in [-0.05, 0) is 43.5 Å². The third kappa shape index (κ3) is 7.08. The second kappa shape index (κ2) is 9.51. The van der Waals surface area contributed by atoms with Crippen molar-refractivity contribution in [2.45, 2.75) is 45.6 Å². The number of hydrogen-bond acceptors (Lipinski definition) is 4. The van der Waals surface area contributed by atoms with Crippen LogP contribution in [0.2, 0.25) is 0 Å². The van der Waals surface area contributed by atoms with Crippen LogP contribution in [-0.2, 0) is 14.6 Å². The first-order valence-electron chi connectivity index (χ1n) is 9.19. The van der Waals surface area contributed by atoms with Crippen LogP contribution in [0.25, 0.3) is 0 Å². The lowest BCUT2D eigenvalue weighted by atomic mass is 10.1. The largest absolute Gasteiger partial charge is 0.341 e. The first kappa shape index (κ1) is 22.6. The molecule has 5 nitrogen and oxygen atoms in total. The van der Waals surface area contributed by atoms with E-state index in [-0.39, 0.29) is 11.9 Å². The summed E-state index contributed by atoms with van der Waals surface area (Å²) in [6, 6.07) is 6.92. The van der Waals surface area contributed by atoms with Crippen molar-refractivity contribution in [3.8, 4) is 0 Å². The predicted octanol–water partition coefficient (Wildman–Crippen LogP) is 3.22. The van der Waals surface area contributed by atoms with E-state index in [1.54, 1.807) is 12.1 Å². The van der Waals surface area contributed by atoms with Crippen LogP contribution in [-0.4, -0.2) is 57.1 Å². The van der Waals surface area contributed by atoms with E-state index in [4.69, 9.17) is 0 Å². The summed E-state index contributed by atoms with van der Waals surface area (Å²) >= 11 is 0. The lowest BCUT2D eigenvalue weighted by molar-refractivity contribution is -0.133. The minimum Gasteiger partial charge on any atom is -0.341 e. The topological polar surface area (TPSA) is 57.7 Å². The number of nitrogens with zero attached hydrogens (tertiary/aromatic N) is 2. The number of hydrogen-bond donors (Lipinski definition) is 0. The Balaban J connectivity index is 2.80. The van der Waals surface area contributed by atoms with Crippen LogP contribution in [0.1, 0.15) is 46.2 Å². The van der Waals surface area contributed by atoms with Crippen molar-refractivity contribution in [2.75, 3.05) is 32.9 Å². The van der Waals surface area contributed by atoms with Gasteiger partial charge in [0.1, 0.15) is 0 Å². The molecule has 0 aliphatic heterocycles. The highest BCUT2D eigenvalue weighted by molar-refractivity contribution is 7.90. The zero-order valence-corrected chi connectivity index (χ0v) is 18.0. The van der Waals surface area contributed by atoms with Crippen molar-refractivity contribution < 1.29 is 13.2 Å². The average molecular weight is 383 g/mol. The average Bonchev–Trinajstić information content (AvgIpc) is 2.51. The van der Waals surface area contributed by atoms with E-state index in [1.165, 1.54) is 6.26 Å². The van der Waals surface area contributed by atoms with E-state index in [9.17, 15) is 13.2 Å². The Morgan fingerprint density at radius 1 is 0.962 bits per heavy atom. The van der Waals surface area contributed by atoms with Crippen molar-refractivity contribution in [3.05, 3.63) is 29.8 Å². The number of likely N-dealkylation sites (N-methyl/N-ethyl adjacent to an activating group) is 1. The maximum Gasteiger partial charge on any atom is 0.236 e. The number of benzene rings is 1. The van der Waals surface area contributed by atoms with Crippen molar-refractivity contribution in [1.82, 2.24) is 9.80 Å². The summed E-state index contributed by atoms with van der Waals surface area (Å²) in [6.07, 6.45) is 1.20. The van der Waals surface area contributed by atoms with Gasteiger partial charge in [-0.15, -0.1) is 0 Å². The highest BCUT2D eigenvalue weighted by Gasteiger charge is 2.21. The van der Waals surface area contributed by atoms with Gasteiger partial charge < -0.3 is 4.90 Å². The fraction of sp³-hybridized carbons (Fsp3) is 0.650. The van der Waals surface area contributed by atoms with Crippen molar-refractivity contribution >= 4 is 15.7 Å². The second-order valence-electron chi connectivity index (χ2n) is 8.02. The van der Waals surface area contributed by atoms with Gasteiger partial charge in [-0.1, -0.05) is 39.8 Å². The van der Waals surface area contributed by atoms with E-state index in [0.717, 1.165) is 18.7 Å². The Labute approximate surface area is 159 Å². The first-order chi connectivity index (χ1) is 11.9. The smallest absolute Gasteiger partial charge is 0.236 e. The van der Waals surface area contributed by atoms with E-state index in [2.05, 4.69) is 27.7 Å². The minimum atomic E-state index is -3.19. The van der Waals surface area contributed by atoms with Gasteiger partial charge in [-0.3, -0.25) is 9.69 Å². The summed E-state index contributed by atoms with van der Waals surface area (Å²) in [7, 11) is -1.27. The van der Waals surface area contributed by atoms with E-state index in [0.29, 0.717) is 23.3 Å². The van der Waals surface area contributed by atoms with Crippen LogP contribution in [0.15, 0.2) is 29.2 Å². The van der Waals surface area contributed by atoms with Gasteiger partial charge in [-0.2, -0.15) is 0 Å². The van der Waals surface area contributed by atoms with Crippen LogP contribution in [0, 0.1) is 11.8 Å². The fourth-order valence-corrected chi connectivity index (χ4v) is 3.49. The summed E-state index contributed by atoms with van der Waals surface area (Å²) in [5.74, 6) is 1.00. The molecular formula is C20H34N2O3S. The third-order valence-electron chi connectivity index (χ3n) is 4.36. The molecule has 148 valence electrons. The summed E-state index contributed by atoms with van der Waals surface area (Å²) in [4.78, 5) is 17.0. The molecular weight excluding hydrogens is 348 g/mol. The predicted molar refractivity (Wildman–Crippen MR) is 107 cm³/mol. The summed E-state index contributed by atoms with van der Waals surface area (Å²) in [5, 5.41) is 0. The SMILES string of the molecule is CC(C)CN(CC(C)C)C(=O)CN(C)C(C)c1ccc(S(C)(=O)=O)cc1. The van der Waals surface area contributed by atoms with Gasteiger partial charge in [0.05, 0.1) is 11.4 Å². The third-order valence-corrected chi connectivity index (χ3v) is 5.49. The monoisotopic (exact) mass is 382 g/mol. The van der Waals surface area contributed by atoms with Crippen LogP contribution >= 0.6 is 0 Å². The van der Waals surface area contributed by atoms with E-state index >= 15 is 0 Å². The summed E-state index contributed by atoms with van der Waals surface area (Å²) < 4.78 is 23.2. The van der Waals surface area contributed by atoms with Crippen LogP contribution < -0.4 is 0 Å². The molecule has 0 heterocycles. The molecule has 26 heavy (non-hydrogen) atoms. The molecule has 1 atom stereocenters. The fourth-order valence-electron chi connectivity index (χ4n) is 2.86. The van der Waals surface area contributed by atoms with E-state index in [1.807, 2.05) is 35.9 Å². The Bertz CT molecular complexity index is 672. The molecule has 0 aliphatic rings. The Kier molecular flexibility index (Phi) is 8.28. The summed E-state index contributed by atoms with van der Waals surface area (Å²) in [5.41, 5.74) is 0.993. The normalized spacial score (nSPS) is 13.5. The number of carbonyl (C=O) groups excluding carboxylic acids is 1. The molecule has 1 aromatic rings. The van der Waals surface area contributed by atoms with Gasteiger partial charge >= 0.3 is 0 Å². The van der Waals surface area contributed by atoms with Gasteiger partial charge in [0.25, 0.3) is 0 Å². The summed E-state index contributed by atoms with van der Waals surface area (Å²) in [6.45, 7) is 12.4. The lowest BCUT2D eigenvalue weighted by Gasteiger charge is -2.31. The number of sulfone groups is 1. The highest BCUT2D eigenvalue weighted by atomic mass is 32.2. The number of amides is 1. The molecule has 0 saturated heterocycles. The van der Waals surface area contributed by atoms with E-state index < -0.39 is 9.84 Å². The standard InChI is InChI=1S/C20H34N2O3S/c1-15(2)12-22(13-16(3)4)20(23)14-21(6)17(5)18-8-10-19(11-9-18)26(7,24)25/h8-11,15-17H,12-14H2,1-7H3. The zero-order valence-electron chi connectivity index (χ0n) is 17.2. The molecule has 0 radical (unpaired) electrons. The Morgan fingerprint density at radius 3 is 1.81 bits per heavy atom. The molecule has 1 amide bonds. The second-order valence-corrected chi connectivity index (χ2v) is 10.0. The zero-order chi connectivity index (χ0) is 20.1. The maximum absolute atomic E-state index is 12.8. The quantitative estimate of drug-likeness (QED) is 0.658. The van der Waals surface area contributed by atoms with Crippen LogP contribution in [0.3, 0.4) is 0 Å². The molecule has 0 aromatic heterocycles. The molecule has 1 rings (SSSR count). The number of carbonyl (C=O) groups is 1. The number of rotatable bonds is 9. The molecule has 0 saturated carbocycles. The van der Waals surface area contributed by atoms with Gasteiger partial charge in [-0.25, -0.2) is 8.42 Å². The van der Waals surface area contributed by atoms with Crippen molar-refractivity contribution in [1.29, 1.82) is 0 Å². The molecule has 0 N–H and O–H groups in total. The Morgan fingerprint density at radius 2 is 1.42 bits per heavy atom. The maximum atomic E-state index is 12.8. The van der Waals surface area contributed by atoms with Crippen LogP contribution in [0.4, 0.5) is 0 Å². The first-order valence-corrected chi connectivity index (χ1v) is 11.1. The molecule has 6 heteroatoms. The molecule has 0 fully saturated rings. The van der Waals surface area contributed by atoms with Crippen molar-refractivity contribution in [3.63, 3.8) is 0 Å². The molecule has 0 bridgehead atoms. The molecule has 1 unspecified atom stereocenters.